The van der Waals surface area contributed by atoms with E-state index in [1.807, 2.05) is 0 Å². The summed E-state index contributed by atoms with van der Waals surface area (Å²) in [5.74, 6) is 0. The van der Waals surface area contributed by atoms with Crippen LogP contribution in [-0.2, 0) is 19.0 Å². The lowest BCUT2D eigenvalue weighted by molar-refractivity contribution is -0.130. The molecule has 0 atom stereocenters. The van der Waals surface area contributed by atoms with Crippen LogP contribution in [0.4, 0.5) is 0 Å². The van der Waals surface area contributed by atoms with Gasteiger partial charge in [0, 0.05) is 0 Å². The van der Waals surface area contributed by atoms with Gasteiger partial charge >= 0.3 is 0 Å². The fraction of sp³-hybridized carbons (Fsp3) is 0.667. The van der Waals surface area contributed by atoms with Gasteiger partial charge in [-0.2, -0.15) is 5.26 Å². The minimum atomic E-state index is 0.232. The first-order chi connectivity index (χ1) is 5.41. The van der Waals surface area contributed by atoms with E-state index < -0.39 is 0 Å². The van der Waals surface area contributed by atoms with Crippen molar-refractivity contribution in [3.8, 4) is 6.26 Å². The lowest BCUT2D eigenvalue weighted by Crippen LogP contribution is -2.07. The van der Waals surface area contributed by atoms with Crippen LogP contribution >= 0.6 is 0 Å². The van der Waals surface area contributed by atoms with E-state index in [1.54, 1.807) is 0 Å². The molecule has 0 spiro atoms. The maximum atomic E-state index is 9.59. The summed E-state index contributed by atoms with van der Waals surface area (Å²) < 4.78 is 13.5. The van der Waals surface area contributed by atoms with Crippen molar-refractivity contribution in [1.29, 1.82) is 5.26 Å². The number of ether oxygens (including phenoxy) is 3. The van der Waals surface area contributed by atoms with E-state index in [1.165, 1.54) is 6.26 Å². The monoisotopic (exact) mass is 159 g/mol. The molecule has 0 rings (SSSR count). The third kappa shape index (κ3) is 8.72. The summed E-state index contributed by atoms with van der Waals surface area (Å²) in [6.07, 6.45) is 1.50. The molecule has 0 amide bonds. The van der Waals surface area contributed by atoms with Crippen molar-refractivity contribution in [1.82, 2.24) is 0 Å². The summed E-state index contributed by atoms with van der Waals surface area (Å²) in [7, 11) is 0. The van der Waals surface area contributed by atoms with E-state index >= 15 is 0 Å². The van der Waals surface area contributed by atoms with Crippen LogP contribution in [0.15, 0.2) is 0 Å². The van der Waals surface area contributed by atoms with Crippen molar-refractivity contribution >= 4 is 6.47 Å². The lowest BCUT2D eigenvalue weighted by atomic mass is 10.7. The molecule has 0 aromatic heterocycles. The Morgan fingerprint density at radius 2 is 2.00 bits per heavy atom. The average Bonchev–Trinajstić information content (AvgIpc) is 2.03. The highest BCUT2D eigenvalue weighted by atomic mass is 16.6. The van der Waals surface area contributed by atoms with Crippen LogP contribution in [0, 0.1) is 11.5 Å². The molecule has 0 heterocycles. The number of carbonyl (C=O) groups is 1. The van der Waals surface area contributed by atoms with Crippen LogP contribution in [0.3, 0.4) is 0 Å². The van der Waals surface area contributed by atoms with Crippen molar-refractivity contribution in [2.75, 3.05) is 26.4 Å². The minimum Gasteiger partial charge on any atom is -0.465 e. The number of hydrogen-bond acceptors (Lipinski definition) is 5. The highest BCUT2D eigenvalue weighted by Crippen LogP contribution is 1.77. The molecule has 0 N–H and O–H groups in total. The molecule has 0 aromatic carbocycles. The summed E-state index contributed by atoms with van der Waals surface area (Å²) in [5, 5.41) is 7.91. The standard InChI is InChI=1S/C6H9NO4/c7-5-10-3-1-9-2-4-11-6-8/h6H,1-4H2. The summed E-state index contributed by atoms with van der Waals surface area (Å²) in [5.41, 5.74) is 0. The molecule has 0 aromatic rings. The number of rotatable bonds is 7. The average molecular weight is 159 g/mol. The molecule has 0 radical (unpaired) electrons. The van der Waals surface area contributed by atoms with Gasteiger partial charge in [-0.15, -0.1) is 0 Å². The Hall–Kier alpha value is -1.28. The molecule has 5 heteroatoms. The molecule has 0 aliphatic heterocycles. The Morgan fingerprint density at radius 3 is 2.64 bits per heavy atom. The molecule has 0 aliphatic rings. The number of nitrogens with zero attached hydrogens (tertiary/aromatic N) is 1. The fourth-order valence-electron chi connectivity index (χ4n) is 0.403. The predicted octanol–water partition coefficient (Wildman–Crippen LogP) is -0.326. The first-order valence-corrected chi connectivity index (χ1v) is 3.05. The molecular formula is C6H9NO4. The highest BCUT2D eigenvalue weighted by molar-refractivity contribution is 5.36. The second-order valence-corrected chi connectivity index (χ2v) is 1.52. The SMILES string of the molecule is N#COCCOCCOC=O. The topological polar surface area (TPSA) is 68.6 Å². The summed E-state index contributed by atoms with van der Waals surface area (Å²) in [6, 6.07) is 0. The second-order valence-electron chi connectivity index (χ2n) is 1.52. The zero-order valence-electron chi connectivity index (χ0n) is 5.99. The van der Waals surface area contributed by atoms with Gasteiger partial charge in [-0.25, -0.2) is 0 Å². The molecule has 0 fully saturated rings. The minimum absolute atomic E-state index is 0.232. The molecule has 62 valence electrons. The zero-order chi connectivity index (χ0) is 8.36. The van der Waals surface area contributed by atoms with Gasteiger partial charge in [0.05, 0.1) is 13.2 Å². The largest absolute Gasteiger partial charge is 0.465 e. The van der Waals surface area contributed by atoms with Crippen LogP contribution in [-0.4, -0.2) is 32.9 Å². The molecule has 0 bridgehead atoms. The van der Waals surface area contributed by atoms with Gasteiger partial charge in [0.25, 0.3) is 12.7 Å². The Kier molecular flexibility index (Phi) is 7.71. The Labute approximate surface area is 64.5 Å². The molecule has 11 heavy (non-hydrogen) atoms. The Bertz CT molecular complexity index is 131. The number of nitriles is 1. The van der Waals surface area contributed by atoms with Crippen LogP contribution in [0.25, 0.3) is 0 Å². The molecular weight excluding hydrogens is 150 g/mol. The fourth-order valence-corrected chi connectivity index (χ4v) is 0.403. The van der Waals surface area contributed by atoms with Gasteiger partial charge in [-0.3, -0.25) is 4.79 Å². The van der Waals surface area contributed by atoms with Crippen LogP contribution in [0.5, 0.6) is 0 Å². The Morgan fingerprint density at radius 1 is 1.27 bits per heavy atom. The van der Waals surface area contributed by atoms with E-state index in [9.17, 15) is 4.79 Å². The van der Waals surface area contributed by atoms with Crippen molar-refractivity contribution in [2.24, 2.45) is 0 Å². The summed E-state index contributed by atoms with van der Waals surface area (Å²) >= 11 is 0. The lowest BCUT2D eigenvalue weighted by Gasteiger charge is -2.00. The molecule has 0 unspecified atom stereocenters. The van der Waals surface area contributed by atoms with Gasteiger partial charge < -0.3 is 14.2 Å². The van der Waals surface area contributed by atoms with Crippen molar-refractivity contribution < 1.29 is 19.0 Å². The summed E-state index contributed by atoms with van der Waals surface area (Å²) in [6.45, 7) is 1.48. The molecule has 0 aliphatic carbocycles. The van der Waals surface area contributed by atoms with Gasteiger partial charge in [0.15, 0.2) is 0 Å². The van der Waals surface area contributed by atoms with E-state index in [-0.39, 0.29) is 13.2 Å². The van der Waals surface area contributed by atoms with Crippen LogP contribution in [0.2, 0.25) is 0 Å². The zero-order valence-corrected chi connectivity index (χ0v) is 5.99. The van der Waals surface area contributed by atoms with Gasteiger partial charge in [-0.1, -0.05) is 0 Å². The highest BCUT2D eigenvalue weighted by Gasteiger charge is 1.87. The van der Waals surface area contributed by atoms with Gasteiger partial charge in [0.2, 0.25) is 0 Å². The Balaban J connectivity index is 2.80. The first-order valence-electron chi connectivity index (χ1n) is 3.05. The summed E-state index contributed by atoms with van der Waals surface area (Å²) in [4.78, 5) is 9.59. The smallest absolute Gasteiger partial charge is 0.293 e. The van der Waals surface area contributed by atoms with Gasteiger partial charge in [0.1, 0.15) is 13.2 Å². The maximum Gasteiger partial charge on any atom is 0.293 e. The van der Waals surface area contributed by atoms with E-state index in [2.05, 4.69) is 9.47 Å². The number of hydrogen-bond donors (Lipinski definition) is 0. The second kappa shape index (κ2) is 8.72. The molecule has 0 saturated heterocycles. The quantitative estimate of drug-likeness (QED) is 0.289. The van der Waals surface area contributed by atoms with E-state index in [4.69, 9.17) is 10.00 Å². The van der Waals surface area contributed by atoms with Gasteiger partial charge in [-0.05, 0) is 0 Å². The van der Waals surface area contributed by atoms with E-state index in [0.717, 1.165) is 0 Å². The van der Waals surface area contributed by atoms with Crippen LogP contribution in [0.1, 0.15) is 0 Å². The molecule has 0 saturated carbocycles. The van der Waals surface area contributed by atoms with E-state index in [0.29, 0.717) is 19.7 Å². The third-order valence-electron chi connectivity index (χ3n) is 0.808. The number of carbonyl (C=O) groups excluding carboxylic acids is 1. The van der Waals surface area contributed by atoms with Crippen molar-refractivity contribution in [3.05, 3.63) is 0 Å². The predicted molar refractivity (Wildman–Crippen MR) is 34.4 cm³/mol. The first kappa shape index (κ1) is 9.72. The third-order valence-corrected chi connectivity index (χ3v) is 0.808. The van der Waals surface area contributed by atoms with Crippen molar-refractivity contribution in [3.63, 3.8) is 0 Å². The molecule has 5 nitrogen and oxygen atoms in total. The maximum absolute atomic E-state index is 9.59. The van der Waals surface area contributed by atoms with Crippen LogP contribution < -0.4 is 0 Å². The normalized spacial score (nSPS) is 8.27. The van der Waals surface area contributed by atoms with Crippen molar-refractivity contribution in [2.45, 2.75) is 0 Å².